The molecule has 0 unspecified atom stereocenters. The Bertz CT molecular complexity index is 402. The van der Waals surface area contributed by atoms with Crippen molar-refractivity contribution in [3.63, 3.8) is 0 Å². The first-order valence-electron chi connectivity index (χ1n) is 7.28. The highest BCUT2D eigenvalue weighted by molar-refractivity contribution is 5.85. The van der Waals surface area contributed by atoms with Gasteiger partial charge in [-0.3, -0.25) is 4.79 Å². The number of nitrogens with two attached hydrogens (primary N) is 1. The van der Waals surface area contributed by atoms with E-state index in [1.165, 1.54) is 18.4 Å². The summed E-state index contributed by atoms with van der Waals surface area (Å²) in [6.45, 7) is 2.57. The fraction of sp³-hybridized carbons (Fsp3) is 0.562. The Morgan fingerprint density at radius 1 is 1.30 bits per heavy atom. The van der Waals surface area contributed by atoms with Gasteiger partial charge in [0.2, 0.25) is 5.91 Å². The molecule has 0 radical (unpaired) electrons. The Morgan fingerprint density at radius 2 is 1.90 bits per heavy atom. The molecule has 1 atom stereocenters. The number of halogens is 1. The molecule has 3 nitrogen and oxygen atoms in total. The lowest BCUT2D eigenvalue weighted by Gasteiger charge is -2.30. The highest BCUT2D eigenvalue weighted by atomic mass is 35.5. The largest absolute Gasteiger partial charge is 0.338 e. The van der Waals surface area contributed by atoms with Gasteiger partial charge in [0, 0.05) is 12.6 Å². The predicted molar refractivity (Wildman–Crippen MR) is 85.0 cm³/mol. The van der Waals surface area contributed by atoms with Crippen molar-refractivity contribution in [3.8, 4) is 0 Å². The van der Waals surface area contributed by atoms with Crippen molar-refractivity contribution in [2.45, 2.75) is 51.1 Å². The number of benzene rings is 1. The van der Waals surface area contributed by atoms with Crippen molar-refractivity contribution in [1.82, 2.24) is 4.90 Å². The summed E-state index contributed by atoms with van der Waals surface area (Å²) in [5.74, 6) is 0.0998. The molecule has 2 N–H and O–H groups in total. The smallest absolute Gasteiger partial charge is 0.239 e. The van der Waals surface area contributed by atoms with Crippen LogP contribution in [0.3, 0.4) is 0 Å². The molecule has 1 aromatic rings. The first kappa shape index (κ1) is 17.0. The summed E-state index contributed by atoms with van der Waals surface area (Å²) >= 11 is 0. The fourth-order valence-corrected chi connectivity index (χ4v) is 2.84. The molecule has 1 fully saturated rings. The molecule has 4 heteroatoms. The minimum absolute atomic E-state index is 0. The Hall–Kier alpha value is -1.06. The van der Waals surface area contributed by atoms with Crippen LogP contribution in [0.15, 0.2) is 30.3 Å². The summed E-state index contributed by atoms with van der Waals surface area (Å²) in [5, 5.41) is 0. The normalized spacial score (nSPS) is 16.5. The van der Waals surface area contributed by atoms with Gasteiger partial charge in [-0.1, -0.05) is 43.2 Å². The summed E-state index contributed by atoms with van der Waals surface area (Å²) < 4.78 is 0. The average Bonchev–Trinajstić information content (AvgIpc) is 2.94. The van der Waals surface area contributed by atoms with Gasteiger partial charge in [-0.2, -0.15) is 0 Å². The van der Waals surface area contributed by atoms with E-state index in [0.29, 0.717) is 6.04 Å². The average molecular weight is 297 g/mol. The minimum Gasteiger partial charge on any atom is -0.338 e. The van der Waals surface area contributed by atoms with E-state index in [0.717, 1.165) is 25.8 Å². The van der Waals surface area contributed by atoms with E-state index in [-0.39, 0.29) is 18.3 Å². The molecule has 0 aromatic heterocycles. The molecule has 20 heavy (non-hydrogen) atoms. The quantitative estimate of drug-likeness (QED) is 0.908. The van der Waals surface area contributed by atoms with Crippen LogP contribution < -0.4 is 5.73 Å². The van der Waals surface area contributed by atoms with Crippen molar-refractivity contribution in [2.75, 3.05) is 6.54 Å². The minimum atomic E-state index is -0.392. The van der Waals surface area contributed by atoms with E-state index in [1.807, 2.05) is 23.1 Å². The highest BCUT2D eigenvalue weighted by Crippen LogP contribution is 2.24. The fourth-order valence-electron chi connectivity index (χ4n) is 2.84. The van der Waals surface area contributed by atoms with Gasteiger partial charge >= 0.3 is 0 Å². The van der Waals surface area contributed by atoms with Gasteiger partial charge in [-0.25, -0.2) is 0 Å². The van der Waals surface area contributed by atoms with E-state index >= 15 is 0 Å². The van der Waals surface area contributed by atoms with Crippen LogP contribution in [0.25, 0.3) is 0 Å². The maximum Gasteiger partial charge on any atom is 0.239 e. The molecule has 0 bridgehead atoms. The van der Waals surface area contributed by atoms with Crippen molar-refractivity contribution in [2.24, 2.45) is 5.73 Å². The maximum absolute atomic E-state index is 12.3. The van der Waals surface area contributed by atoms with Gasteiger partial charge in [-0.15, -0.1) is 12.4 Å². The summed E-state index contributed by atoms with van der Waals surface area (Å²) in [4.78, 5) is 14.3. The summed E-state index contributed by atoms with van der Waals surface area (Å²) in [6.07, 6.45) is 5.65. The van der Waals surface area contributed by atoms with E-state index in [2.05, 4.69) is 12.1 Å². The Kier molecular flexibility index (Phi) is 7.03. The number of hydrogen-bond donors (Lipinski definition) is 1. The molecule has 1 amide bonds. The van der Waals surface area contributed by atoms with Crippen LogP contribution >= 0.6 is 12.4 Å². The molecule has 0 saturated heterocycles. The van der Waals surface area contributed by atoms with E-state index in [4.69, 9.17) is 5.73 Å². The van der Waals surface area contributed by atoms with Gasteiger partial charge in [0.15, 0.2) is 0 Å². The Labute approximate surface area is 127 Å². The third-order valence-electron chi connectivity index (χ3n) is 3.92. The molecule has 0 heterocycles. The van der Waals surface area contributed by atoms with Gasteiger partial charge in [-0.05, 0) is 31.7 Å². The number of carbonyl (C=O) groups is 1. The van der Waals surface area contributed by atoms with E-state index < -0.39 is 6.04 Å². The van der Waals surface area contributed by atoms with Gasteiger partial charge in [0.05, 0.1) is 6.04 Å². The predicted octanol–water partition coefficient (Wildman–Crippen LogP) is 2.77. The number of amides is 1. The molecule has 0 spiro atoms. The number of hydrogen-bond acceptors (Lipinski definition) is 2. The zero-order chi connectivity index (χ0) is 13.7. The molecular weight excluding hydrogens is 272 g/mol. The molecule has 1 aliphatic carbocycles. The standard InChI is InChI=1S/C16H24N2O.ClH/c1-13(17)16(19)18(15-9-5-6-10-15)12-11-14-7-3-2-4-8-14;/h2-4,7-8,13,15H,5-6,9-12,17H2,1H3;1H/t13-;/m1./s1. The lowest BCUT2D eigenvalue weighted by molar-refractivity contribution is -0.134. The molecular formula is C16H25ClN2O. The molecule has 1 aromatic carbocycles. The van der Waals surface area contributed by atoms with E-state index in [1.54, 1.807) is 6.92 Å². The van der Waals surface area contributed by atoms with Gasteiger partial charge in [0.25, 0.3) is 0 Å². The van der Waals surface area contributed by atoms with Crippen LogP contribution in [0.5, 0.6) is 0 Å². The van der Waals surface area contributed by atoms with Crippen molar-refractivity contribution >= 4 is 18.3 Å². The first-order chi connectivity index (χ1) is 9.18. The summed E-state index contributed by atoms with van der Waals surface area (Å²) in [7, 11) is 0. The Morgan fingerprint density at radius 3 is 2.45 bits per heavy atom. The second kappa shape index (κ2) is 8.28. The molecule has 1 saturated carbocycles. The maximum atomic E-state index is 12.3. The van der Waals surface area contributed by atoms with Crippen LogP contribution in [0, 0.1) is 0 Å². The zero-order valence-corrected chi connectivity index (χ0v) is 12.9. The number of nitrogens with zero attached hydrogens (tertiary/aromatic N) is 1. The van der Waals surface area contributed by atoms with Crippen LogP contribution in [0.4, 0.5) is 0 Å². The monoisotopic (exact) mass is 296 g/mol. The van der Waals surface area contributed by atoms with Gasteiger partial charge < -0.3 is 10.6 Å². The third-order valence-corrected chi connectivity index (χ3v) is 3.92. The highest BCUT2D eigenvalue weighted by Gasteiger charge is 2.27. The SMILES string of the molecule is C[C@@H](N)C(=O)N(CCc1ccccc1)C1CCCC1.Cl. The number of rotatable bonds is 5. The van der Waals surface area contributed by atoms with Gasteiger partial charge in [0.1, 0.15) is 0 Å². The van der Waals surface area contributed by atoms with Crippen molar-refractivity contribution < 1.29 is 4.79 Å². The lowest BCUT2D eigenvalue weighted by Crippen LogP contribution is -2.47. The second-order valence-corrected chi connectivity index (χ2v) is 5.49. The Balaban J connectivity index is 0.00000200. The van der Waals surface area contributed by atoms with Crippen LogP contribution in [0.1, 0.15) is 38.2 Å². The second-order valence-electron chi connectivity index (χ2n) is 5.49. The first-order valence-corrected chi connectivity index (χ1v) is 7.28. The van der Waals surface area contributed by atoms with Crippen LogP contribution in [-0.2, 0) is 11.2 Å². The summed E-state index contributed by atoms with van der Waals surface area (Å²) in [5.41, 5.74) is 7.06. The third kappa shape index (κ3) is 4.50. The van der Waals surface area contributed by atoms with Crippen molar-refractivity contribution in [3.05, 3.63) is 35.9 Å². The van der Waals surface area contributed by atoms with Crippen LogP contribution in [-0.4, -0.2) is 29.4 Å². The topological polar surface area (TPSA) is 46.3 Å². The molecule has 112 valence electrons. The zero-order valence-electron chi connectivity index (χ0n) is 12.1. The number of carbonyl (C=O) groups excluding carboxylic acids is 1. The van der Waals surface area contributed by atoms with E-state index in [9.17, 15) is 4.79 Å². The molecule has 1 aliphatic rings. The molecule has 0 aliphatic heterocycles. The molecule has 2 rings (SSSR count). The van der Waals surface area contributed by atoms with Crippen LogP contribution in [0.2, 0.25) is 0 Å². The lowest BCUT2D eigenvalue weighted by atomic mass is 10.1. The van der Waals surface area contributed by atoms with Crippen molar-refractivity contribution in [1.29, 1.82) is 0 Å². The summed E-state index contributed by atoms with van der Waals surface area (Å²) in [6, 6.07) is 10.3.